The van der Waals surface area contributed by atoms with Crippen molar-refractivity contribution < 1.29 is 42.7 Å². The van der Waals surface area contributed by atoms with Gasteiger partial charge in [-0.1, -0.05) is 164 Å². The Kier molecular flexibility index (Phi) is 41.6. The third-order valence-corrected chi connectivity index (χ3v) is 10.4. The van der Waals surface area contributed by atoms with Gasteiger partial charge in [0, 0.05) is 13.0 Å². The predicted molar refractivity (Wildman–Crippen MR) is 244 cm³/mol. The maximum Gasteiger partial charge on any atom is 0.472 e. The van der Waals surface area contributed by atoms with Crippen LogP contribution in [0.15, 0.2) is 72.9 Å². The van der Waals surface area contributed by atoms with Crippen LogP contribution in [0, 0.1) is 0 Å². The van der Waals surface area contributed by atoms with Crippen LogP contribution in [0.25, 0.3) is 0 Å². The van der Waals surface area contributed by atoms with Gasteiger partial charge in [-0.15, -0.1) is 0 Å². The van der Waals surface area contributed by atoms with Crippen molar-refractivity contribution in [1.82, 2.24) is 0 Å². The Labute approximate surface area is 359 Å². The second kappa shape index (κ2) is 43.5. The number of rotatable bonds is 43. The van der Waals surface area contributed by atoms with Crippen LogP contribution in [0.2, 0.25) is 0 Å². The molecule has 0 saturated carbocycles. The lowest BCUT2D eigenvalue weighted by Gasteiger charge is -2.20. The highest BCUT2D eigenvalue weighted by atomic mass is 31.2. The summed E-state index contributed by atoms with van der Waals surface area (Å²) in [4.78, 5) is 33.6. The summed E-state index contributed by atoms with van der Waals surface area (Å²) in [6.07, 6.45) is 53.8. The summed E-state index contributed by atoms with van der Waals surface area (Å²) in [6.45, 7) is 3.70. The van der Waals surface area contributed by atoms with E-state index >= 15 is 0 Å². The number of esters is 1. The molecule has 0 aliphatic carbocycles. The molecule has 3 atom stereocenters. The Morgan fingerprint density at radius 1 is 0.559 bits per heavy atom. The lowest BCUT2D eigenvalue weighted by molar-refractivity contribution is -0.154. The number of hydrogen-bond acceptors (Lipinski definition) is 8. The molecule has 0 rings (SSSR count). The largest absolute Gasteiger partial charge is 0.480 e. The van der Waals surface area contributed by atoms with Crippen molar-refractivity contribution >= 4 is 19.8 Å². The van der Waals surface area contributed by atoms with Gasteiger partial charge in [-0.3, -0.25) is 18.6 Å². The number of nitrogens with two attached hydrogens (primary N) is 1. The van der Waals surface area contributed by atoms with E-state index in [9.17, 15) is 19.0 Å². The van der Waals surface area contributed by atoms with E-state index in [2.05, 4.69) is 86.8 Å². The van der Waals surface area contributed by atoms with Crippen LogP contribution >= 0.6 is 7.82 Å². The number of hydrogen-bond donors (Lipinski definition) is 3. The highest BCUT2D eigenvalue weighted by Crippen LogP contribution is 2.43. The Bertz CT molecular complexity index is 1210. The molecule has 0 fully saturated rings. The summed E-state index contributed by atoms with van der Waals surface area (Å²) < 4.78 is 33.4. The summed E-state index contributed by atoms with van der Waals surface area (Å²) in [5.74, 6) is -1.80. The monoisotopic (exact) mass is 850 g/mol. The van der Waals surface area contributed by atoms with Crippen molar-refractivity contribution in [2.24, 2.45) is 5.73 Å². The first kappa shape index (κ1) is 56.4. The zero-order valence-electron chi connectivity index (χ0n) is 37.1. The normalized spacial score (nSPS) is 14.5. The number of carbonyl (C=O) groups is 2. The molecule has 59 heavy (non-hydrogen) atoms. The fraction of sp³-hybridized carbons (Fsp3) is 0.708. The zero-order chi connectivity index (χ0) is 43.3. The lowest BCUT2D eigenvalue weighted by Crippen LogP contribution is -2.34. The number of phosphoric acid groups is 1. The molecule has 0 saturated heterocycles. The number of phosphoric ester groups is 1. The maximum absolute atomic E-state index is 12.7. The fourth-order valence-corrected chi connectivity index (χ4v) is 6.70. The smallest absolute Gasteiger partial charge is 0.472 e. The van der Waals surface area contributed by atoms with Gasteiger partial charge in [0.1, 0.15) is 12.1 Å². The molecule has 0 spiro atoms. The van der Waals surface area contributed by atoms with Crippen molar-refractivity contribution in [3.05, 3.63) is 72.9 Å². The van der Waals surface area contributed by atoms with E-state index in [1.165, 1.54) is 51.4 Å². The molecule has 0 aromatic rings. The second-order valence-corrected chi connectivity index (χ2v) is 16.6. The van der Waals surface area contributed by atoms with E-state index in [0.717, 1.165) is 103 Å². The minimum atomic E-state index is -4.63. The van der Waals surface area contributed by atoms with Crippen LogP contribution in [0.1, 0.15) is 181 Å². The summed E-state index contributed by atoms with van der Waals surface area (Å²) in [5.41, 5.74) is 5.36. The molecule has 0 amide bonds. The third kappa shape index (κ3) is 43.3. The van der Waals surface area contributed by atoms with Crippen molar-refractivity contribution in [2.45, 2.75) is 193 Å². The van der Waals surface area contributed by atoms with Gasteiger partial charge in [0.15, 0.2) is 0 Å². The number of aliphatic carboxylic acids is 1. The minimum Gasteiger partial charge on any atom is -0.480 e. The zero-order valence-corrected chi connectivity index (χ0v) is 38.0. The number of ether oxygens (including phenoxy) is 2. The van der Waals surface area contributed by atoms with E-state index in [0.29, 0.717) is 13.0 Å². The number of carboxylic acid groups (broad SMARTS) is 1. The van der Waals surface area contributed by atoms with Gasteiger partial charge >= 0.3 is 19.8 Å². The Balaban J connectivity index is 4.27. The molecule has 0 aliphatic rings. The summed E-state index contributed by atoms with van der Waals surface area (Å²) >= 11 is 0. The average Bonchev–Trinajstić information content (AvgIpc) is 3.21. The van der Waals surface area contributed by atoms with Crippen LogP contribution in [-0.4, -0.2) is 60.5 Å². The van der Waals surface area contributed by atoms with Gasteiger partial charge in [-0.25, -0.2) is 4.57 Å². The molecular formula is C48H84NO9P. The molecule has 0 aliphatic heterocycles. The molecule has 0 heterocycles. The van der Waals surface area contributed by atoms with E-state index in [-0.39, 0.29) is 13.0 Å². The van der Waals surface area contributed by atoms with Gasteiger partial charge in [0.2, 0.25) is 0 Å². The number of carbonyl (C=O) groups excluding carboxylic acids is 1. The standard InChI is InChI=1S/C48H84NO9P/c1-3-5-7-9-11-13-15-17-19-21-22-23-24-25-26-28-30-32-34-36-38-40-47(50)58-45(43-56-59(53,54)57-44-46(49)48(51)52)42-55-41-39-37-35-33-31-29-27-20-18-16-14-12-10-8-6-4-2/h6,8,12,14-15,17-18,20-22,24-25,45-46H,3-5,7,9-11,13,16,19,23,26-44,49H2,1-2H3,(H,51,52)(H,53,54)/b8-6-,14-12-,17-15-,20-18-,22-21-,25-24-. The average molecular weight is 850 g/mol. The van der Waals surface area contributed by atoms with Crippen LogP contribution in [0.4, 0.5) is 0 Å². The van der Waals surface area contributed by atoms with Crippen LogP contribution in [0.5, 0.6) is 0 Å². The molecular weight excluding hydrogens is 765 g/mol. The summed E-state index contributed by atoms with van der Waals surface area (Å²) in [6, 6.07) is -1.48. The molecule has 0 radical (unpaired) electrons. The first-order valence-corrected chi connectivity index (χ1v) is 24.5. The quantitative estimate of drug-likeness (QED) is 0.0234. The number of unbranched alkanes of at least 4 members (excludes halogenated alkanes) is 17. The number of carboxylic acids is 1. The van der Waals surface area contributed by atoms with Gasteiger partial charge < -0.3 is 25.2 Å². The maximum atomic E-state index is 12.7. The Morgan fingerprint density at radius 3 is 1.47 bits per heavy atom. The third-order valence-electron chi connectivity index (χ3n) is 9.47. The van der Waals surface area contributed by atoms with Crippen molar-refractivity contribution in [1.29, 1.82) is 0 Å². The first-order chi connectivity index (χ1) is 28.7. The molecule has 0 aromatic heterocycles. The molecule has 0 aromatic carbocycles. The topological polar surface area (TPSA) is 155 Å². The lowest BCUT2D eigenvalue weighted by atomic mass is 10.1. The van der Waals surface area contributed by atoms with Crippen molar-refractivity contribution in [3.63, 3.8) is 0 Å². The SMILES string of the molecule is CC/C=C\C/C=C\C/C=C\CCCCCCCCOCC(COP(=O)(O)OCC(N)C(=O)O)OC(=O)CCCCCCCC/C=C\C/C=C\C/C=C\CCCCCCC. The van der Waals surface area contributed by atoms with Crippen LogP contribution in [0.3, 0.4) is 0 Å². The molecule has 340 valence electrons. The van der Waals surface area contributed by atoms with E-state index in [1.54, 1.807) is 0 Å². The fourth-order valence-electron chi connectivity index (χ4n) is 5.92. The van der Waals surface area contributed by atoms with E-state index in [1.807, 2.05) is 0 Å². The Hall–Kier alpha value is -2.59. The van der Waals surface area contributed by atoms with E-state index < -0.39 is 45.1 Å². The van der Waals surface area contributed by atoms with Gasteiger partial charge in [-0.05, 0) is 83.5 Å². The number of allylic oxidation sites excluding steroid dienone is 12. The Morgan fingerprint density at radius 2 is 0.983 bits per heavy atom. The van der Waals surface area contributed by atoms with Crippen molar-refractivity contribution in [3.8, 4) is 0 Å². The van der Waals surface area contributed by atoms with Gasteiger partial charge in [0.05, 0.1) is 19.8 Å². The van der Waals surface area contributed by atoms with Crippen molar-refractivity contribution in [2.75, 3.05) is 26.4 Å². The van der Waals surface area contributed by atoms with Gasteiger partial charge in [-0.2, -0.15) is 0 Å². The van der Waals surface area contributed by atoms with Crippen LogP contribution < -0.4 is 5.73 Å². The molecule has 0 bridgehead atoms. The van der Waals surface area contributed by atoms with Gasteiger partial charge in [0.25, 0.3) is 0 Å². The summed E-state index contributed by atoms with van der Waals surface area (Å²) in [7, 11) is -4.63. The highest BCUT2D eigenvalue weighted by Gasteiger charge is 2.27. The first-order valence-electron chi connectivity index (χ1n) is 23.0. The molecule has 10 nitrogen and oxygen atoms in total. The van der Waals surface area contributed by atoms with E-state index in [4.69, 9.17) is 29.4 Å². The molecule has 4 N–H and O–H groups in total. The molecule has 11 heteroatoms. The van der Waals surface area contributed by atoms with Crippen LogP contribution in [-0.2, 0) is 32.7 Å². The summed E-state index contributed by atoms with van der Waals surface area (Å²) in [5, 5.41) is 8.91. The highest BCUT2D eigenvalue weighted by molar-refractivity contribution is 7.47. The minimum absolute atomic E-state index is 0.00126. The predicted octanol–water partition coefficient (Wildman–Crippen LogP) is 13.0. The second-order valence-electron chi connectivity index (χ2n) is 15.1. The molecule has 3 unspecified atom stereocenters.